The van der Waals surface area contributed by atoms with Crippen LogP contribution >= 0.6 is 11.8 Å². The van der Waals surface area contributed by atoms with Gasteiger partial charge in [-0.2, -0.15) is 0 Å². The molecule has 3 aromatic rings. The number of carbonyl (C=O) groups is 1. The SMILES string of the molecule is CSc1ncc(C(=O)NC(CO)c2ccco2)n1-c1ccccc1. The molecule has 2 aromatic heterocycles. The molecule has 124 valence electrons. The lowest BCUT2D eigenvalue weighted by atomic mass is 10.2. The molecule has 2 heterocycles. The van der Waals surface area contributed by atoms with Gasteiger partial charge in [0.2, 0.25) is 0 Å². The number of aliphatic hydroxyl groups excluding tert-OH is 1. The van der Waals surface area contributed by atoms with Crippen LogP contribution in [-0.2, 0) is 0 Å². The Morgan fingerprint density at radius 3 is 2.75 bits per heavy atom. The van der Waals surface area contributed by atoms with Crippen LogP contribution in [0.1, 0.15) is 22.3 Å². The standard InChI is InChI=1S/C17H17N3O3S/c1-24-17-18-10-14(20(17)12-6-3-2-4-7-12)16(22)19-13(11-21)15-8-5-9-23-15/h2-10,13,21H,11H2,1H3,(H,19,22). The van der Waals surface area contributed by atoms with Crippen molar-refractivity contribution < 1.29 is 14.3 Å². The number of furan rings is 1. The van der Waals surface area contributed by atoms with Gasteiger partial charge < -0.3 is 14.8 Å². The van der Waals surface area contributed by atoms with Gasteiger partial charge in [0.05, 0.1) is 19.1 Å². The maximum atomic E-state index is 12.7. The fraction of sp³-hybridized carbons (Fsp3) is 0.176. The average Bonchev–Trinajstić information content (AvgIpc) is 3.29. The van der Waals surface area contributed by atoms with Gasteiger partial charge in [-0.15, -0.1) is 0 Å². The maximum Gasteiger partial charge on any atom is 0.270 e. The van der Waals surface area contributed by atoms with Crippen molar-refractivity contribution in [2.45, 2.75) is 11.2 Å². The minimum absolute atomic E-state index is 0.256. The molecule has 0 aliphatic heterocycles. The lowest BCUT2D eigenvalue weighted by molar-refractivity contribution is 0.0900. The lowest BCUT2D eigenvalue weighted by Gasteiger charge is -2.15. The van der Waals surface area contributed by atoms with E-state index in [4.69, 9.17) is 4.42 Å². The molecule has 2 N–H and O–H groups in total. The summed E-state index contributed by atoms with van der Waals surface area (Å²) in [5.41, 5.74) is 1.25. The zero-order valence-electron chi connectivity index (χ0n) is 13.0. The molecule has 0 spiro atoms. The summed E-state index contributed by atoms with van der Waals surface area (Å²) in [6.07, 6.45) is 4.94. The van der Waals surface area contributed by atoms with Crippen LogP contribution in [0.4, 0.5) is 0 Å². The third-order valence-electron chi connectivity index (χ3n) is 3.53. The summed E-state index contributed by atoms with van der Waals surface area (Å²) in [5, 5.41) is 13.0. The molecule has 1 atom stereocenters. The third kappa shape index (κ3) is 3.22. The van der Waals surface area contributed by atoms with E-state index in [0.717, 1.165) is 5.69 Å². The lowest BCUT2D eigenvalue weighted by Crippen LogP contribution is -2.31. The van der Waals surface area contributed by atoms with Crippen LogP contribution in [0.25, 0.3) is 5.69 Å². The Morgan fingerprint density at radius 1 is 1.33 bits per heavy atom. The highest BCUT2D eigenvalue weighted by molar-refractivity contribution is 7.98. The van der Waals surface area contributed by atoms with Gasteiger partial charge in [0.25, 0.3) is 5.91 Å². The highest BCUT2D eigenvalue weighted by Crippen LogP contribution is 2.22. The van der Waals surface area contributed by atoms with E-state index in [1.54, 1.807) is 16.7 Å². The average molecular weight is 343 g/mol. The topological polar surface area (TPSA) is 80.3 Å². The number of aliphatic hydroxyl groups is 1. The van der Waals surface area contributed by atoms with Gasteiger partial charge in [-0.25, -0.2) is 4.98 Å². The third-order valence-corrected chi connectivity index (χ3v) is 4.19. The molecule has 24 heavy (non-hydrogen) atoms. The van der Waals surface area contributed by atoms with Gasteiger partial charge in [-0.3, -0.25) is 9.36 Å². The minimum atomic E-state index is -0.607. The normalized spacial score (nSPS) is 12.1. The Morgan fingerprint density at radius 2 is 2.12 bits per heavy atom. The van der Waals surface area contributed by atoms with Crippen molar-refractivity contribution in [1.82, 2.24) is 14.9 Å². The van der Waals surface area contributed by atoms with Crippen LogP contribution in [0.15, 0.2) is 64.5 Å². The maximum absolute atomic E-state index is 12.7. The Kier molecular flexibility index (Phi) is 5.02. The summed E-state index contributed by atoms with van der Waals surface area (Å²) in [4.78, 5) is 17.0. The van der Waals surface area contributed by atoms with Crippen LogP contribution in [-0.4, -0.2) is 33.4 Å². The van der Waals surface area contributed by atoms with Gasteiger partial charge >= 0.3 is 0 Å². The predicted octanol–water partition coefficient (Wildman–Crippen LogP) is 2.65. The van der Waals surface area contributed by atoms with Gasteiger partial charge in [0.1, 0.15) is 17.5 Å². The summed E-state index contributed by atoms with van der Waals surface area (Å²) in [6.45, 7) is -0.256. The quantitative estimate of drug-likeness (QED) is 0.673. The molecule has 0 aliphatic rings. The number of aromatic nitrogens is 2. The van der Waals surface area contributed by atoms with Crippen LogP contribution in [0.3, 0.4) is 0 Å². The second-order valence-corrected chi connectivity index (χ2v) is 5.80. The predicted molar refractivity (Wildman–Crippen MR) is 91.3 cm³/mol. The fourth-order valence-corrected chi connectivity index (χ4v) is 2.94. The van der Waals surface area contributed by atoms with Crippen molar-refractivity contribution in [2.75, 3.05) is 12.9 Å². The van der Waals surface area contributed by atoms with Gasteiger partial charge in [0, 0.05) is 5.69 Å². The highest BCUT2D eigenvalue weighted by atomic mass is 32.2. The first-order valence-electron chi connectivity index (χ1n) is 7.37. The van der Waals surface area contributed by atoms with Crippen LogP contribution in [0.5, 0.6) is 0 Å². The zero-order chi connectivity index (χ0) is 16.9. The number of para-hydroxylation sites is 1. The highest BCUT2D eigenvalue weighted by Gasteiger charge is 2.22. The van der Waals surface area contributed by atoms with Crippen LogP contribution < -0.4 is 5.32 Å². The van der Waals surface area contributed by atoms with Gasteiger partial charge in [0.15, 0.2) is 5.16 Å². The Labute approximate surface area is 143 Å². The van der Waals surface area contributed by atoms with Gasteiger partial charge in [-0.1, -0.05) is 30.0 Å². The number of imidazole rings is 1. The molecule has 1 aromatic carbocycles. The number of amides is 1. The van der Waals surface area contributed by atoms with E-state index in [2.05, 4.69) is 10.3 Å². The van der Waals surface area contributed by atoms with E-state index in [0.29, 0.717) is 16.6 Å². The molecular weight excluding hydrogens is 326 g/mol. The Hall–Kier alpha value is -2.51. The number of nitrogens with zero attached hydrogens (tertiary/aromatic N) is 2. The summed E-state index contributed by atoms with van der Waals surface area (Å²) in [6, 6.07) is 12.4. The van der Waals surface area contributed by atoms with Crippen LogP contribution in [0.2, 0.25) is 0 Å². The van der Waals surface area contributed by atoms with E-state index in [-0.39, 0.29) is 12.5 Å². The van der Waals surface area contributed by atoms with E-state index in [1.165, 1.54) is 24.2 Å². The minimum Gasteiger partial charge on any atom is -0.467 e. The first-order chi connectivity index (χ1) is 11.7. The molecule has 0 aliphatic carbocycles. The molecule has 0 fully saturated rings. The Balaban J connectivity index is 1.92. The molecule has 0 radical (unpaired) electrons. The Bertz CT molecular complexity index is 800. The van der Waals surface area contributed by atoms with E-state index in [9.17, 15) is 9.90 Å². The number of thioether (sulfide) groups is 1. The van der Waals surface area contributed by atoms with Crippen molar-refractivity contribution in [3.8, 4) is 5.69 Å². The molecule has 6 nitrogen and oxygen atoms in total. The van der Waals surface area contributed by atoms with Crippen molar-refractivity contribution in [2.24, 2.45) is 0 Å². The number of rotatable bonds is 6. The first kappa shape index (κ1) is 16.4. The number of carbonyl (C=O) groups excluding carboxylic acids is 1. The van der Waals surface area contributed by atoms with Crippen molar-refractivity contribution in [3.05, 3.63) is 66.4 Å². The summed E-state index contributed by atoms with van der Waals surface area (Å²) in [5.74, 6) is 0.170. The van der Waals surface area contributed by atoms with E-state index in [1.807, 2.05) is 36.6 Å². The largest absolute Gasteiger partial charge is 0.467 e. The molecule has 0 bridgehead atoms. The zero-order valence-corrected chi connectivity index (χ0v) is 13.9. The van der Waals surface area contributed by atoms with E-state index >= 15 is 0 Å². The van der Waals surface area contributed by atoms with Crippen LogP contribution in [0, 0.1) is 0 Å². The van der Waals surface area contributed by atoms with Crippen molar-refractivity contribution in [3.63, 3.8) is 0 Å². The van der Waals surface area contributed by atoms with Crippen molar-refractivity contribution >= 4 is 17.7 Å². The second kappa shape index (κ2) is 7.37. The fourth-order valence-electron chi connectivity index (χ4n) is 2.39. The summed E-state index contributed by atoms with van der Waals surface area (Å²) >= 11 is 1.45. The summed E-state index contributed by atoms with van der Waals surface area (Å²) < 4.78 is 7.05. The van der Waals surface area contributed by atoms with Gasteiger partial charge in [-0.05, 0) is 30.5 Å². The molecule has 7 heteroatoms. The molecular formula is C17H17N3O3S. The smallest absolute Gasteiger partial charge is 0.270 e. The molecule has 0 saturated heterocycles. The molecule has 0 saturated carbocycles. The van der Waals surface area contributed by atoms with E-state index < -0.39 is 6.04 Å². The number of hydrogen-bond donors (Lipinski definition) is 2. The summed E-state index contributed by atoms with van der Waals surface area (Å²) in [7, 11) is 0. The molecule has 1 unspecified atom stereocenters. The first-order valence-corrected chi connectivity index (χ1v) is 8.59. The number of nitrogens with one attached hydrogen (secondary N) is 1. The second-order valence-electron chi connectivity index (χ2n) is 5.03. The molecule has 1 amide bonds. The number of benzene rings is 1. The number of hydrogen-bond acceptors (Lipinski definition) is 5. The monoisotopic (exact) mass is 343 g/mol. The van der Waals surface area contributed by atoms with Crippen molar-refractivity contribution in [1.29, 1.82) is 0 Å². The molecule has 3 rings (SSSR count).